The molecule has 4 rings (SSSR count). The molecule has 1 N–H and O–H groups in total. The van der Waals surface area contributed by atoms with Gasteiger partial charge in [-0.2, -0.15) is 0 Å². The van der Waals surface area contributed by atoms with E-state index in [1.54, 1.807) is 18.4 Å². The molecule has 0 fully saturated rings. The molecule has 1 heterocycles. The highest BCUT2D eigenvalue weighted by Gasteiger charge is 2.15. The fourth-order valence-corrected chi connectivity index (χ4v) is 2.88. The minimum Gasteiger partial charge on any atom is -0.465 e. The van der Waals surface area contributed by atoms with Gasteiger partial charge in [0.15, 0.2) is 5.75 Å². The van der Waals surface area contributed by atoms with Crippen LogP contribution in [-0.4, -0.2) is 5.91 Å². The number of hydrogen-bond acceptors (Lipinski definition) is 3. The Labute approximate surface area is 169 Å². The molecule has 0 saturated carbocycles. The summed E-state index contributed by atoms with van der Waals surface area (Å²) in [6.45, 7) is 0. The molecular formula is C25H19NO3. The highest BCUT2D eigenvalue weighted by molar-refractivity contribution is 6.29. The Balaban J connectivity index is 1.63. The number of nitrogens with one attached hydrogen (secondary N) is 1. The molecule has 142 valence electrons. The minimum atomic E-state index is -0.253. The summed E-state index contributed by atoms with van der Waals surface area (Å²) >= 11 is 0. The second-order valence-electron chi connectivity index (χ2n) is 6.30. The number of furan rings is 1. The molecule has 0 aliphatic rings. The molecule has 0 aliphatic carbocycles. The SMILES string of the molecule is O=C(Nc1ccccc1Oc1ccccc1)/C(=C/c1ccco1)c1ccccc1. The predicted octanol–water partition coefficient (Wildman–Crippen LogP) is 6.25. The first-order valence-corrected chi connectivity index (χ1v) is 9.23. The van der Waals surface area contributed by atoms with Gasteiger partial charge in [0.1, 0.15) is 11.5 Å². The standard InChI is InChI=1S/C25H19NO3/c27-25(22(18-21-14-9-17-28-21)19-10-3-1-4-11-19)26-23-15-7-8-16-24(23)29-20-12-5-2-6-13-20/h1-18H,(H,26,27)/b22-18+. The lowest BCUT2D eigenvalue weighted by Gasteiger charge is -2.13. The summed E-state index contributed by atoms with van der Waals surface area (Å²) in [6, 6.07) is 29.9. The van der Waals surface area contributed by atoms with Crippen molar-refractivity contribution < 1.29 is 13.9 Å². The van der Waals surface area contributed by atoms with Crippen LogP contribution >= 0.6 is 0 Å². The van der Waals surface area contributed by atoms with Crippen LogP contribution in [0.25, 0.3) is 11.6 Å². The van der Waals surface area contributed by atoms with Crippen molar-refractivity contribution in [1.82, 2.24) is 0 Å². The van der Waals surface area contributed by atoms with Gasteiger partial charge in [0.25, 0.3) is 5.91 Å². The number of carbonyl (C=O) groups excluding carboxylic acids is 1. The average Bonchev–Trinajstić information content (AvgIpc) is 3.28. The molecule has 0 atom stereocenters. The zero-order valence-electron chi connectivity index (χ0n) is 15.6. The average molecular weight is 381 g/mol. The summed E-state index contributed by atoms with van der Waals surface area (Å²) in [7, 11) is 0. The molecule has 3 aromatic carbocycles. The van der Waals surface area contributed by atoms with Crippen molar-refractivity contribution in [1.29, 1.82) is 0 Å². The van der Waals surface area contributed by atoms with Crippen molar-refractivity contribution in [3.05, 3.63) is 115 Å². The van der Waals surface area contributed by atoms with Crippen LogP contribution < -0.4 is 10.1 Å². The number of carbonyl (C=O) groups is 1. The van der Waals surface area contributed by atoms with E-state index >= 15 is 0 Å². The zero-order chi connectivity index (χ0) is 19.9. The Morgan fingerprint density at radius 3 is 2.21 bits per heavy atom. The van der Waals surface area contributed by atoms with Crippen molar-refractivity contribution >= 4 is 23.2 Å². The maximum atomic E-state index is 13.2. The second-order valence-corrected chi connectivity index (χ2v) is 6.30. The van der Waals surface area contributed by atoms with Gasteiger partial charge >= 0.3 is 0 Å². The van der Waals surface area contributed by atoms with Gasteiger partial charge in [-0.3, -0.25) is 4.79 Å². The van der Waals surface area contributed by atoms with E-state index in [1.807, 2.05) is 91.0 Å². The maximum absolute atomic E-state index is 13.2. The molecule has 4 nitrogen and oxygen atoms in total. The van der Waals surface area contributed by atoms with Crippen molar-refractivity contribution in [2.45, 2.75) is 0 Å². The molecule has 0 aliphatic heterocycles. The van der Waals surface area contributed by atoms with Gasteiger partial charge in [-0.15, -0.1) is 0 Å². The topological polar surface area (TPSA) is 51.5 Å². The van der Waals surface area contributed by atoms with Crippen LogP contribution in [0.3, 0.4) is 0 Å². The Morgan fingerprint density at radius 2 is 1.48 bits per heavy atom. The molecule has 29 heavy (non-hydrogen) atoms. The van der Waals surface area contributed by atoms with Crippen molar-refractivity contribution in [2.75, 3.05) is 5.32 Å². The smallest absolute Gasteiger partial charge is 0.256 e. The van der Waals surface area contributed by atoms with Crippen LogP contribution in [0.4, 0.5) is 5.69 Å². The monoisotopic (exact) mass is 381 g/mol. The molecule has 4 aromatic rings. The first-order valence-electron chi connectivity index (χ1n) is 9.23. The lowest BCUT2D eigenvalue weighted by molar-refractivity contribution is -0.111. The Kier molecular flexibility index (Phi) is 5.53. The van der Waals surface area contributed by atoms with Crippen LogP contribution in [0, 0.1) is 0 Å². The van der Waals surface area contributed by atoms with Crippen LogP contribution in [0.1, 0.15) is 11.3 Å². The van der Waals surface area contributed by atoms with E-state index in [0.29, 0.717) is 28.5 Å². The molecule has 0 bridgehead atoms. The molecule has 0 unspecified atom stereocenters. The lowest BCUT2D eigenvalue weighted by Crippen LogP contribution is -2.14. The fraction of sp³-hybridized carbons (Fsp3) is 0. The molecule has 0 spiro atoms. The number of ether oxygens (including phenoxy) is 1. The summed E-state index contributed by atoms with van der Waals surface area (Å²) in [5.41, 5.74) is 1.88. The summed E-state index contributed by atoms with van der Waals surface area (Å²) in [5, 5.41) is 2.97. The fourth-order valence-electron chi connectivity index (χ4n) is 2.88. The molecular weight excluding hydrogens is 362 g/mol. The van der Waals surface area contributed by atoms with Gasteiger partial charge in [0, 0.05) is 0 Å². The third kappa shape index (κ3) is 4.62. The normalized spacial score (nSPS) is 11.1. The predicted molar refractivity (Wildman–Crippen MR) is 115 cm³/mol. The third-order valence-corrected chi connectivity index (χ3v) is 4.27. The highest BCUT2D eigenvalue weighted by atomic mass is 16.5. The number of hydrogen-bond donors (Lipinski definition) is 1. The van der Waals surface area contributed by atoms with Crippen LogP contribution in [-0.2, 0) is 4.79 Å². The Morgan fingerprint density at radius 1 is 0.793 bits per heavy atom. The van der Waals surface area contributed by atoms with E-state index in [9.17, 15) is 4.79 Å². The Hall–Kier alpha value is -4.05. The number of para-hydroxylation sites is 3. The number of rotatable bonds is 6. The zero-order valence-corrected chi connectivity index (χ0v) is 15.6. The first kappa shape index (κ1) is 18.3. The van der Waals surface area contributed by atoms with Crippen LogP contribution in [0.5, 0.6) is 11.5 Å². The molecule has 0 saturated heterocycles. The van der Waals surface area contributed by atoms with E-state index in [-0.39, 0.29) is 5.91 Å². The molecule has 1 aromatic heterocycles. The molecule has 1 amide bonds. The van der Waals surface area contributed by atoms with Crippen LogP contribution in [0.2, 0.25) is 0 Å². The van der Waals surface area contributed by atoms with Gasteiger partial charge in [-0.25, -0.2) is 0 Å². The van der Waals surface area contributed by atoms with Gasteiger partial charge < -0.3 is 14.5 Å². The summed E-state index contributed by atoms with van der Waals surface area (Å²) in [4.78, 5) is 13.2. The van der Waals surface area contributed by atoms with Crippen molar-refractivity contribution in [2.24, 2.45) is 0 Å². The minimum absolute atomic E-state index is 0.253. The lowest BCUT2D eigenvalue weighted by atomic mass is 10.0. The van der Waals surface area contributed by atoms with Gasteiger partial charge in [0.05, 0.1) is 17.5 Å². The van der Waals surface area contributed by atoms with Crippen molar-refractivity contribution in [3.63, 3.8) is 0 Å². The van der Waals surface area contributed by atoms with Crippen molar-refractivity contribution in [3.8, 4) is 11.5 Å². The van der Waals surface area contributed by atoms with Gasteiger partial charge in [-0.05, 0) is 48.0 Å². The van der Waals surface area contributed by atoms with E-state index in [2.05, 4.69) is 5.32 Å². The van der Waals surface area contributed by atoms with Crippen LogP contribution in [0.15, 0.2) is 108 Å². The quantitative estimate of drug-likeness (QED) is 0.402. The maximum Gasteiger partial charge on any atom is 0.256 e. The van der Waals surface area contributed by atoms with Gasteiger partial charge in [-0.1, -0.05) is 60.7 Å². The summed E-state index contributed by atoms with van der Waals surface area (Å²) in [6.07, 6.45) is 3.31. The summed E-state index contributed by atoms with van der Waals surface area (Å²) < 4.78 is 11.4. The van der Waals surface area contributed by atoms with E-state index in [4.69, 9.17) is 9.15 Å². The largest absolute Gasteiger partial charge is 0.465 e. The highest BCUT2D eigenvalue weighted by Crippen LogP contribution is 2.30. The third-order valence-electron chi connectivity index (χ3n) is 4.27. The molecule has 0 radical (unpaired) electrons. The Bertz CT molecular complexity index is 1100. The first-order chi connectivity index (χ1) is 14.3. The number of anilines is 1. The van der Waals surface area contributed by atoms with E-state index in [1.165, 1.54) is 0 Å². The van der Waals surface area contributed by atoms with E-state index < -0.39 is 0 Å². The van der Waals surface area contributed by atoms with Gasteiger partial charge in [0.2, 0.25) is 0 Å². The summed E-state index contributed by atoms with van der Waals surface area (Å²) in [5.74, 6) is 1.62. The molecule has 4 heteroatoms. The van der Waals surface area contributed by atoms with E-state index in [0.717, 1.165) is 5.56 Å². The number of benzene rings is 3. The second kappa shape index (κ2) is 8.76. The number of amides is 1.